The summed E-state index contributed by atoms with van der Waals surface area (Å²) in [6, 6.07) is 7.98. The molecule has 0 bridgehead atoms. The van der Waals surface area contributed by atoms with Crippen molar-refractivity contribution in [2.24, 2.45) is 0 Å². The third kappa shape index (κ3) is 3.40. The first-order valence-corrected chi connectivity index (χ1v) is 7.62. The Morgan fingerprint density at radius 2 is 2.00 bits per heavy atom. The Morgan fingerprint density at radius 1 is 1.35 bits per heavy atom. The van der Waals surface area contributed by atoms with Crippen molar-refractivity contribution in [2.45, 2.75) is 18.9 Å². The largest absolute Gasteiger partial charge is 0.481 e. The van der Waals surface area contributed by atoms with Crippen molar-refractivity contribution in [3.05, 3.63) is 34.3 Å². The highest BCUT2D eigenvalue weighted by Gasteiger charge is 2.37. The van der Waals surface area contributed by atoms with E-state index in [-0.39, 0.29) is 6.42 Å². The average Bonchev–Trinajstić information content (AvgIpc) is 2.38. The maximum Gasteiger partial charge on any atom is 0.305 e. The van der Waals surface area contributed by atoms with E-state index in [1.807, 2.05) is 31.2 Å². The van der Waals surface area contributed by atoms with Gasteiger partial charge in [0.15, 0.2) is 0 Å². The van der Waals surface area contributed by atoms with Crippen molar-refractivity contribution in [3.63, 3.8) is 0 Å². The first-order chi connectivity index (χ1) is 9.41. The lowest BCUT2D eigenvalue weighted by Crippen LogP contribution is -2.54. The number of carboxylic acid groups (broad SMARTS) is 1. The van der Waals surface area contributed by atoms with Crippen LogP contribution in [0.15, 0.2) is 28.7 Å². The number of carbonyl (C=O) groups is 1. The van der Waals surface area contributed by atoms with E-state index in [0.29, 0.717) is 0 Å². The molecule has 1 aromatic carbocycles. The molecule has 0 saturated carbocycles. The van der Waals surface area contributed by atoms with Gasteiger partial charge in [0.2, 0.25) is 0 Å². The van der Waals surface area contributed by atoms with Crippen LogP contribution >= 0.6 is 15.9 Å². The van der Waals surface area contributed by atoms with Gasteiger partial charge in [-0.15, -0.1) is 0 Å². The number of halogens is 1. The number of hydrogen-bond donors (Lipinski definition) is 1. The normalized spacial score (nSPS) is 20.6. The van der Waals surface area contributed by atoms with Crippen molar-refractivity contribution < 1.29 is 9.90 Å². The van der Waals surface area contributed by atoms with Crippen LogP contribution in [0.2, 0.25) is 0 Å². The SMILES string of the molecule is CN1CCN(C(C)(CC(=O)O)c2cccc(Br)c2)CC1. The van der Waals surface area contributed by atoms with Gasteiger partial charge >= 0.3 is 5.97 Å². The second kappa shape index (κ2) is 6.24. The fourth-order valence-electron chi connectivity index (χ4n) is 2.81. The molecule has 4 nitrogen and oxygen atoms in total. The Labute approximate surface area is 128 Å². The highest BCUT2D eigenvalue weighted by molar-refractivity contribution is 9.10. The number of piperazine rings is 1. The average molecular weight is 341 g/mol. The quantitative estimate of drug-likeness (QED) is 0.913. The lowest BCUT2D eigenvalue weighted by Gasteiger charge is -2.45. The van der Waals surface area contributed by atoms with E-state index in [9.17, 15) is 9.90 Å². The van der Waals surface area contributed by atoms with Gasteiger partial charge in [-0.1, -0.05) is 28.1 Å². The standard InChI is InChI=1S/C15H21BrN2O2/c1-15(11-14(19)20,12-4-3-5-13(16)10-12)18-8-6-17(2)7-9-18/h3-5,10H,6-9,11H2,1-2H3,(H,19,20). The number of likely N-dealkylation sites (N-methyl/N-ethyl adjacent to an activating group) is 1. The molecule has 1 saturated heterocycles. The molecule has 0 amide bonds. The van der Waals surface area contributed by atoms with Gasteiger partial charge in [0.1, 0.15) is 0 Å². The summed E-state index contributed by atoms with van der Waals surface area (Å²) in [4.78, 5) is 15.9. The van der Waals surface area contributed by atoms with Crippen molar-refractivity contribution >= 4 is 21.9 Å². The molecule has 1 aromatic rings. The molecular weight excluding hydrogens is 320 g/mol. The summed E-state index contributed by atoms with van der Waals surface area (Å²) in [5.41, 5.74) is 0.593. The first-order valence-electron chi connectivity index (χ1n) is 6.83. The van der Waals surface area contributed by atoms with E-state index in [1.165, 1.54) is 0 Å². The summed E-state index contributed by atoms with van der Waals surface area (Å²) in [5, 5.41) is 9.31. The number of hydrogen-bond acceptors (Lipinski definition) is 3. The molecule has 0 spiro atoms. The van der Waals surface area contributed by atoms with Gasteiger partial charge in [-0.05, 0) is 31.7 Å². The third-order valence-electron chi connectivity index (χ3n) is 4.14. The van der Waals surface area contributed by atoms with Crippen molar-refractivity contribution in [1.82, 2.24) is 9.80 Å². The molecule has 1 N–H and O–H groups in total. The van der Waals surface area contributed by atoms with E-state index >= 15 is 0 Å². The topological polar surface area (TPSA) is 43.8 Å². The second-order valence-electron chi connectivity index (χ2n) is 5.65. The Kier molecular flexibility index (Phi) is 4.83. The molecular formula is C15H21BrN2O2. The smallest absolute Gasteiger partial charge is 0.305 e. The monoisotopic (exact) mass is 340 g/mol. The highest BCUT2D eigenvalue weighted by atomic mass is 79.9. The van der Waals surface area contributed by atoms with Gasteiger partial charge in [-0.25, -0.2) is 0 Å². The van der Waals surface area contributed by atoms with Crippen LogP contribution in [-0.4, -0.2) is 54.1 Å². The molecule has 1 unspecified atom stereocenters. The van der Waals surface area contributed by atoms with E-state index in [2.05, 4.69) is 32.8 Å². The minimum absolute atomic E-state index is 0.118. The minimum Gasteiger partial charge on any atom is -0.481 e. The zero-order chi connectivity index (χ0) is 14.8. The molecule has 1 aliphatic rings. The summed E-state index contributed by atoms with van der Waals surface area (Å²) in [6.45, 7) is 5.78. The number of aliphatic carboxylic acids is 1. The molecule has 0 radical (unpaired) electrons. The number of benzene rings is 1. The second-order valence-corrected chi connectivity index (χ2v) is 6.56. The molecule has 2 rings (SSSR count). The summed E-state index contributed by atoms with van der Waals surface area (Å²) in [6.07, 6.45) is 0.118. The van der Waals surface area contributed by atoms with Crippen molar-refractivity contribution in [2.75, 3.05) is 33.2 Å². The Hall–Kier alpha value is -0.910. The maximum atomic E-state index is 11.3. The maximum absolute atomic E-state index is 11.3. The molecule has 1 fully saturated rings. The summed E-state index contributed by atoms with van der Waals surface area (Å²) >= 11 is 3.48. The van der Waals surface area contributed by atoms with Crippen LogP contribution in [0, 0.1) is 0 Å². The third-order valence-corrected chi connectivity index (χ3v) is 4.64. The number of carboxylic acids is 1. The lowest BCUT2D eigenvalue weighted by atomic mass is 9.86. The van der Waals surface area contributed by atoms with E-state index in [1.54, 1.807) is 0 Å². The molecule has 20 heavy (non-hydrogen) atoms. The highest BCUT2D eigenvalue weighted by Crippen LogP contribution is 2.34. The van der Waals surface area contributed by atoms with Crippen LogP contribution in [-0.2, 0) is 10.3 Å². The Morgan fingerprint density at radius 3 is 2.55 bits per heavy atom. The lowest BCUT2D eigenvalue weighted by molar-refractivity contribution is -0.140. The van der Waals surface area contributed by atoms with Gasteiger partial charge in [-0.3, -0.25) is 9.69 Å². The van der Waals surface area contributed by atoms with E-state index in [0.717, 1.165) is 36.2 Å². The van der Waals surface area contributed by atoms with Gasteiger partial charge in [0, 0.05) is 30.7 Å². The molecule has 1 heterocycles. The molecule has 0 aliphatic carbocycles. The van der Waals surface area contributed by atoms with Crippen LogP contribution in [0.3, 0.4) is 0 Å². The van der Waals surface area contributed by atoms with Crippen LogP contribution in [0.5, 0.6) is 0 Å². The van der Waals surface area contributed by atoms with Gasteiger partial charge in [-0.2, -0.15) is 0 Å². The zero-order valence-electron chi connectivity index (χ0n) is 12.0. The van der Waals surface area contributed by atoms with Crippen LogP contribution in [0.1, 0.15) is 18.9 Å². The molecule has 5 heteroatoms. The summed E-state index contributed by atoms with van der Waals surface area (Å²) in [5.74, 6) is -0.758. The van der Waals surface area contributed by atoms with Gasteiger partial charge in [0.05, 0.1) is 12.0 Å². The fraction of sp³-hybridized carbons (Fsp3) is 0.533. The van der Waals surface area contributed by atoms with Crippen molar-refractivity contribution in [1.29, 1.82) is 0 Å². The summed E-state index contributed by atoms with van der Waals surface area (Å²) in [7, 11) is 2.10. The van der Waals surface area contributed by atoms with Crippen LogP contribution in [0.4, 0.5) is 0 Å². The number of rotatable bonds is 4. The van der Waals surface area contributed by atoms with E-state index in [4.69, 9.17) is 0 Å². The Balaban J connectivity index is 2.32. The molecule has 110 valence electrons. The van der Waals surface area contributed by atoms with Gasteiger partial charge < -0.3 is 10.0 Å². The predicted octanol–water partition coefficient (Wildman–Crippen LogP) is 2.39. The minimum atomic E-state index is -0.758. The Bertz CT molecular complexity index is 487. The first kappa shape index (κ1) is 15.5. The van der Waals surface area contributed by atoms with E-state index < -0.39 is 11.5 Å². The molecule has 1 aliphatic heterocycles. The molecule has 1 atom stereocenters. The molecule has 0 aromatic heterocycles. The predicted molar refractivity (Wildman–Crippen MR) is 82.8 cm³/mol. The van der Waals surface area contributed by atoms with Crippen LogP contribution in [0.25, 0.3) is 0 Å². The van der Waals surface area contributed by atoms with Crippen molar-refractivity contribution in [3.8, 4) is 0 Å². The number of nitrogens with zero attached hydrogens (tertiary/aromatic N) is 2. The van der Waals surface area contributed by atoms with Gasteiger partial charge in [0.25, 0.3) is 0 Å². The van der Waals surface area contributed by atoms with Crippen LogP contribution < -0.4 is 0 Å². The fourth-order valence-corrected chi connectivity index (χ4v) is 3.21. The zero-order valence-corrected chi connectivity index (χ0v) is 13.6. The summed E-state index contributed by atoms with van der Waals surface area (Å²) < 4.78 is 0.987.